The zero-order chi connectivity index (χ0) is 16.2. The van der Waals surface area contributed by atoms with Crippen LogP contribution in [0.5, 0.6) is 0 Å². The van der Waals surface area contributed by atoms with Gasteiger partial charge in [0.15, 0.2) is 0 Å². The minimum absolute atomic E-state index is 0.121. The number of anilines is 1. The predicted octanol–water partition coefficient (Wildman–Crippen LogP) is 2.68. The van der Waals surface area contributed by atoms with Gasteiger partial charge in [0.2, 0.25) is 5.91 Å². The van der Waals surface area contributed by atoms with Crippen molar-refractivity contribution in [2.24, 2.45) is 0 Å². The van der Waals surface area contributed by atoms with Crippen LogP contribution < -0.4 is 10.6 Å². The molecule has 0 saturated heterocycles. The van der Waals surface area contributed by atoms with Crippen LogP contribution in [0.2, 0.25) is 0 Å². The van der Waals surface area contributed by atoms with Crippen molar-refractivity contribution < 1.29 is 13.6 Å². The van der Waals surface area contributed by atoms with Gasteiger partial charge in [-0.1, -0.05) is 0 Å². The Labute approximate surface area is 132 Å². The van der Waals surface area contributed by atoms with Crippen LogP contribution in [0.1, 0.15) is 36.6 Å². The lowest BCUT2D eigenvalue weighted by Gasteiger charge is -2.06. The molecular weight excluding hydrogens is 302 g/mol. The Kier molecular flexibility index (Phi) is 4.66. The van der Waals surface area contributed by atoms with Crippen LogP contribution in [0, 0.1) is 11.6 Å². The van der Waals surface area contributed by atoms with Gasteiger partial charge < -0.3 is 10.6 Å². The normalized spacial score (nSPS) is 14.0. The highest BCUT2D eigenvalue weighted by Crippen LogP contribution is 2.38. The second kappa shape index (κ2) is 6.87. The SMILES string of the molecule is O=C(CCNCc1cc(C2CC2)n[nH]1)Nc1cc(F)cc(F)c1. The number of H-pyrrole nitrogens is 1. The molecule has 23 heavy (non-hydrogen) atoms. The van der Waals surface area contributed by atoms with Crippen molar-refractivity contribution in [3.63, 3.8) is 0 Å². The van der Waals surface area contributed by atoms with Crippen LogP contribution in [0.25, 0.3) is 0 Å². The molecule has 2 aromatic rings. The summed E-state index contributed by atoms with van der Waals surface area (Å²) in [6.07, 6.45) is 2.62. The summed E-state index contributed by atoms with van der Waals surface area (Å²) in [5, 5.41) is 12.8. The third kappa shape index (κ3) is 4.59. The fourth-order valence-corrected chi connectivity index (χ4v) is 2.33. The van der Waals surface area contributed by atoms with Gasteiger partial charge >= 0.3 is 0 Å². The number of benzene rings is 1. The van der Waals surface area contributed by atoms with E-state index in [1.807, 2.05) is 6.07 Å². The van der Waals surface area contributed by atoms with Crippen LogP contribution in [0.3, 0.4) is 0 Å². The maximum Gasteiger partial charge on any atom is 0.225 e. The fraction of sp³-hybridized carbons (Fsp3) is 0.375. The number of nitrogens with zero attached hydrogens (tertiary/aromatic N) is 1. The predicted molar refractivity (Wildman–Crippen MR) is 81.9 cm³/mol. The van der Waals surface area contributed by atoms with Crippen molar-refractivity contribution in [3.05, 3.63) is 47.3 Å². The molecule has 1 aromatic heterocycles. The monoisotopic (exact) mass is 320 g/mol. The Morgan fingerprint density at radius 3 is 2.65 bits per heavy atom. The number of rotatable bonds is 7. The molecule has 0 radical (unpaired) electrons. The molecule has 0 unspecified atom stereocenters. The molecule has 1 heterocycles. The molecule has 0 spiro atoms. The van der Waals surface area contributed by atoms with Crippen molar-refractivity contribution in [3.8, 4) is 0 Å². The summed E-state index contributed by atoms with van der Waals surface area (Å²) in [7, 11) is 0. The van der Waals surface area contributed by atoms with Gasteiger partial charge in [0.05, 0.1) is 5.69 Å². The molecule has 1 aromatic carbocycles. The van der Waals surface area contributed by atoms with E-state index >= 15 is 0 Å². The number of halogens is 2. The lowest BCUT2D eigenvalue weighted by molar-refractivity contribution is -0.116. The number of amides is 1. The van der Waals surface area contributed by atoms with Gasteiger partial charge in [0.1, 0.15) is 11.6 Å². The molecule has 0 aliphatic heterocycles. The molecule has 5 nitrogen and oxygen atoms in total. The van der Waals surface area contributed by atoms with Gasteiger partial charge in [0.25, 0.3) is 0 Å². The van der Waals surface area contributed by atoms with E-state index in [0.717, 1.165) is 29.6 Å². The van der Waals surface area contributed by atoms with E-state index in [1.54, 1.807) is 0 Å². The number of hydrogen-bond donors (Lipinski definition) is 3. The molecule has 1 aliphatic carbocycles. The number of carbonyl (C=O) groups is 1. The summed E-state index contributed by atoms with van der Waals surface area (Å²) in [5.74, 6) is -1.13. The van der Waals surface area contributed by atoms with E-state index in [1.165, 1.54) is 12.8 Å². The van der Waals surface area contributed by atoms with E-state index in [9.17, 15) is 13.6 Å². The summed E-state index contributed by atoms with van der Waals surface area (Å²) in [5.41, 5.74) is 2.21. The fourth-order valence-electron chi connectivity index (χ4n) is 2.33. The summed E-state index contributed by atoms with van der Waals surface area (Å²) >= 11 is 0. The minimum Gasteiger partial charge on any atom is -0.326 e. The molecule has 3 N–H and O–H groups in total. The largest absolute Gasteiger partial charge is 0.326 e. The molecule has 3 rings (SSSR count). The quantitative estimate of drug-likeness (QED) is 0.687. The maximum atomic E-state index is 13.0. The average Bonchev–Trinajstić information content (AvgIpc) is 3.22. The van der Waals surface area contributed by atoms with E-state index < -0.39 is 11.6 Å². The summed E-state index contributed by atoms with van der Waals surface area (Å²) in [4.78, 5) is 11.7. The molecule has 1 aliphatic rings. The zero-order valence-electron chi connectivity index (χ0n) is 12.5. The number of aromatic amines is 1. The number of hydrogen-bond acceptors (Lipinski definition) is 3. The Morgan fingerprint density at radius 2 is 1.96 bits per heavy atom. The highest BCUT2D eigenvalue weighted by atomic mass is 19.1. The Balaban J connectivity index is 1.38. The second-order valence-electron chi connectivity index (χ2n) is 5.73. The molecule has 0 atom stereocenters. The van der Waals surface area contributed by atoms with Crippen LogP contribution in [0.4, 0.5) is 14.5 Å². The third-order valence-electron chi connectivity index (χ3n) is 3.64. The lowest BCUT2D eigenvalue weighted by Crippen LogP contribution is -2.21. The third-order valence-corrected chi connectivity index (χ3v) is 3.64. The number of carbonyl (C=O) groups excluding carboxylic acids is 1. The second-order valence-corrected chi connectivity index (χ2v) is 5.73. The van der Waals surface area contributed by atoms with Crippen molar-refractivity contribution in [2.75, 3.05) is 11.9 Å². The van der Waals surface area contributed by atoms with Crippen molar-refractivity contribution in [2.45, 2.75) is 31.7 Å². The highest BCUT2D eigenvalue weighted by molar-refractivity contribution is 5.90. The first-order valence-electron chi connectivity index (χ1n) is 7.61. The highest BCUT2D eigenvalue weighted by Gasteiger charge is 2.25. The summed E-state index contributed by atoms with van der Waals surface area (Å²) < 4.78 is 26.0. The van der Waals surface area contributed by atoms with Crippen LogP contribution in [-0.2, 0) is 11.3 Å². The number of aromatic nitrogens is 2. The minimum atomic E-state index is -0.718. The van der Waals surface area contributed by atoms with Gasteiger partial charge in [0, 0.05) is 42.9 Å². The molecule has 1 amide bonds. The average molecular weight is 320 g/mol. The summed E-state index contributed by atoms with van der Waals surface area (Å²) in [6, 6.07) is 4.97. The van der Waals surface area contributed by atoms with Gasteiger partial charge in [-0.15, -0.1) is 0 Å². The van der Waals surface area contributed by atoms with Crippen molar-refractivity contribution in [1.82, 2.24) is 15.5 Å². The van der Waals surface area contributed by atoms with E-state index in [0.29, 0.717) is 19.0 Å². The van der Waals surface area contributed by atoms with E-state index in [4.69, 9.17) is 0 Å². The molecule has 1 fully saturated rings. The maximum absolute atomic E-state index is 13.0. The van der Waals surface area contributed by atoms with Crippen molar-refractivity contribution >= 4 is 11.6 Å². The van der Waals surface area contributed by atoms with Crippen molar-refractivity contribution in [1.29, 1.82) is 0 Å². The zero-order valence-corrected chi connectivity index (χ0v) is 12.5. The van der Waals surface area contributed by atoms with Crippen LogP contribution >= 0.6 is 0 Å². The first-order chi connectivity index (χ1) is 11.1. The molecule has 122 valence electrons. The standard InChI is InChI=1S/C16H18F2N4O/c17-11-5-12(18)7-13(6-11)20-16(23)3-4-19-9-14-8-15(22-21-14)10-1-2-10/h5-8,10,19H,1-4,9H2,(H,20,23)(H,21,22). The Hall–Kier alpha value is -2.28. The van der Waals surface area contributed by atoms with Gasteiger partial charge in [-0.2, -0.15) is 5.10 Å². The van der Waals surface area contributed by atoms with E-state index in [2.05, 4.69) is 20.8 Å². The van der Waals surface area contributed by atoms with Crippen LogP contribution in [0.15, 0.2) is 24.3 Å². The Bertz CT molecular complexity index is 677. The van der Waals surface area contributed by atoms with Crippen LogP contribution in [-0.4, -0.2) is 22.6 Å². The number of nitrogens with one attached hydrogen (secondary N) is 3. The first-order valence-corrected chi connectivity index (χ1v) is 7.61. The molecule has 1 saturated carbocycles. The van der Waals surface area contributed by atoms with Gasteiger partial charge in [-0.05, 0) is 31.0 Å². The lowest BCUT2D eigenvalue weighted by atomic mass is 10.2. The molecule has 0 bridgehead atoms. The summed E-state index contributed by atoms with van der Waals surface area (Å²) in [6.45, 7) is 1.06. The Morgan fingerprint density at radius 1 is 1.22 bits per heavy atom. The smallest absolute Gasteiger partial charge is 0.225 e. The topological polar surface area (TPSA) is 69.8 Å². The van der Waals surface area contributed by atoms with Gasteiger partial charge in [-0.25, -0.2) is 8.78 Å². The van der Waals surface area contributed by atoms with E-state index in [-0.39, 0.29) is 18.0 Å². The molecular formula is C16H18F2N4O. The van der Waals surface area contributed by atoms with Gasteiger partial charge in [-0.3, -0.25) is 9.89 Å². The molecule has 7 heteroatoms. The first kappa shape index (κ1) is 15.6.